The number of aryl methyl sites for hydroxylation is 1. The van der Waals surface area contributed by atoms with Gasteiger partial charge in [0.25, 0.3) is 0 Å². The second-order valence-corrected chi connectivity index (χ2v) is 10.4. The van der Waals surface area contributed by atoms with Crippen molar-refractivity contribution in [2.45, 2.75) is 63.1 Å². The molecule has 2 unspecified atom stereocenters. The molecule has 1 aromatic rings. The third-order valence-electron chi connectivity index (χ3n) is 5.76. The first-order valence-electron chi connectivity index (χ1n) is 11.1. The molecule has 1 amide bonds. The molecule has 30 heavy (non-hydrogen) atoms. The third kappa shape index (κ3) is 6.51. The molecule has 1 aromatic carbocycles. The molecule has 0 aliphatic carbocycles. The number of nitrogens with zero attached hydrogens (tertiary/aromatic N) is 2. The van der Waals surface area contributed by atoms with Crippen molar-refractivity contribution >= 4 is 15.9 Å². The van der Waals surface area contributed by atoms with Crippen molar-refractivity contribution < 1.29 is 17.9 Å². The molecule has 1 N–H and O–H groups in total. The van der Waals surface area contributed by atoms with Crippen molar-refractivity contribution in [3.63, 3.8) is 0 Å². The van der Waals surface area contributed by atoms with Gasteiger partial charge in [-0.15, -0.1) is 0 Å². The van der Waals surface area contributed by atoms with Crippen molar-refractivity contribution in [1.29, 1.82) is 0 Å². The standard InChI is InChI=1S/C22H35N3O4S/c1-18-16-24(17-19(2)29-18)15-12-23-22(26)11-8-20-6-9-21(10-7-20)30(27,28)25-13-4-3-5-14-25/h6-7,9-10,18-19H,3-5,8,11-17H2,1-2H3,(H,23,26). The highest BCUT2D eigenvalue weighted by molar-refractivity contribution is 7.89. The van der Waals surface area contributed by atoms with Crippen molar-refractivity contribution in [2.75, 3.05) is 39.3 Å². The lowest BCUT2D eigenvalue weighted by Crippen LogP contribution is -2.47. The van der Waals surface area contributed by atoms with Gasteiger partial charge in [0.2, 0.25) is 15.9 Å². The first-order chi connectivity index (χ1) is 14.3. The fourth-order valence-corrected chi connectivity index (χ4v) is 5.77. The van der Waals surface area contributed by atoms with Crippen LogP contribution in [0.5, 0.6) is 0 Å². The number of sulfonamides is 1. The van der Waals surface area contributed by atoms with Gasteiger partial charge in [0.15, 0.2) is 0 Å². The number of benzene rings is 1. The molecule has 2 fully saturated rings. The zero-order valence-corrected chi connectivity index (χ0v) is 19.0. The van der Waals surface area contributed by atoms with Crippen LogP contribution >= 0.6 is 0 Å². The van der Waals surface area contributed by atoms with E-state index in [1.165, 1.54) is 0 Å². The summed E-state index contributed by atoms with van der Waals surface area (Å²) >= 11 is 0. The molecule has 7 nitrogen and oxygen atoms in total. The number of ether oxygens (including phenoxy) is 1. The van der Waals surface area contributed by atoms with Gasteiger partial charge < -0.3 is 10.1 Å². The summed E-state index contributed by atoms with van der Waals surface area (Å²) in [5.74, 6) is 0.0226. The van der Waals surface area contributed by atoms with Gasteiger partial charge in [-0.2, -0.15) is 4.31 Å². The Balaban J connectivity index is 1.40. The number of nitrogens with one attached hydrogen (secondary N) is 1. The second kappa shape index (κ2) is 10.7. The minimum atomic E-state index is -3.40. The van der Waals surface area contributed by atoms with Gasteiger partial charge in [0.05, 0.1) is 17.1 Å². The normalized spacial score (nSPS) is 23.9. The maximum atomic E-state index is 12.7. The van der Waals surface area contributed by atoms with Gasteiger partial charge >= 0.3 is 0 Å². The molecule has 0 radical (unpaired) electrons. The largest absolute Gasteiger partial charge is 0.373 e. The quantitative estimate of drug-likeness (QED) is 0.673. The van der Waals surface area contributed by atoms with Crippen LogP contribution in [0.3, 0.4) is 0 Å². The monoisotopic (exact) mass is 437 g/mol. The molecule has 168 valence electrons. The van der Waals surface area contributed by atoms with E-state index < -0.39 is 10.0 Å². The van der Waals surface area contributed by atoms with Crippen LogP contribution in [0.2, 0.25) is 0 Å². The van der Waals surface area contributed by atoms with Crippen LogP contribution in [-0.2, 0) is 26.0 Å². The van der Waals surface area contributed by atoms with E-state index in [2.05, 4.69) is 24.1 Å². The minimum Gasteiger partial charge on any atom is -0.373 e. The maximum absolute atomic E-state index is 12.7. The molecule has 0 spiro atoms. The van der Waals surface area contributed by atoms with E-state index in [1.807, 2.05) is 12.1 Å². The highest BCUT2D eigenvalue weighted by atomic mass is 32.2. The summed E-state index contributed by atoms with van der Waals surface area (Å²) in [7, 11) is -3.40. The van der Waals surface area contributed by atoms with E-state index in [9.17, 15) is 13.2 Å². The molecular formula is C22H35N3O4S. The SMILES string of the molecule is CC1CN(CCNC(=O)CCc2ccc(S(=O)(=O)N3CCCCC3)cc2)CC(C)O1. The Morgan fingerprint density at radius 2 is 1.70 bits per heavy atom. The van der Waals surface area contributed by atoms with Gasteiger partial charge in [0.1, 0.15) is 0 Å². The zero-order valence-electron chi connectivity index (χ0n) is 18.2. The lowest BCUT2D eigenvalue weighted by Gasteiger charge is -2.35. The number of carbonyl (C=O) groups excluding carboxylic acids is 1. The number of rotatable bonds is 8. The first-order valence-corrected chi connectivity index (χ1v) is 12.5. The lowest BCUT2D eigenvalue weighted by molar-refractivity contribution is -0.121. The lowest BCUT2D eigenvalue weighted by atomic mass is 10.1. The molecule has 2 aliphatic heterocycles. The molecule has 3 rings (SSSR count). The Labute approximate surface area is 180 Å². The number of amides is 1. The van der Waals surface area contributed by atoms with Gasteiger partial charge in [0, 0.05) is 45.7 Å². The Morgan fingerprint density at radius 3 is 2.33 bits per heavy atom. The number of morpholine rings is 1. The Kier molecular flexibility index (Phi) is 8.27. The van der Waals surface area contributed by atoms with Crippen LogP contribution in [0, 0.1) is 0 Å². The third-order valence-corrected chi connectivity index (χ3v) is 7.68. The van der Waals surface area contributed by atoms with E-state index in [1.54, 1.807) is 16.4 Å². The van der Waals surface area contributed by atoms with Crippen LogP contribution < -0.4 is 5.32 Å². The smallest absolute Gasteiger partial charge is 0.243 e. The van der Waals surface area contributed by atoms with E-state index in [4.69, 9.17) is 4.74 Å². The topological polar surface area (TPSA) is 79.0 Å². The van der Waals surface area contributed by atoms with Crippen molar-refractivity contribution in [1.82, 2.24) is 14.5 Å². The molecular weight excluding hydrogens is 402 g/mol. The molecule has 0 aromatic heterocycles. The predicted molar refractivity (Wildman–Crippen MR) is 117 cm³/mol. The number of carbonyl (C=O) groups is 1. The van der Waals surface area contributed by atoms with E-state index in [0.717, 1.165) is 44.5 Å². The van der Waals surface area contributed by atoms with Crippen LogP contribution in [0.25, 0.3) is 0 Å². The highest BCUT2D eigenvalue weighted by Gasteiger charge is 2.25. The summed E-state index contributed by atoms with van der Waals surface area (Å²) < 4.78 is 32.7. The van der Waals surface area contributed by atoms with Crippen molar-refractivity contribution in [2.24, 2.45) is 0 Å². The van der Waals surface area contributed by atoms with Crippen molar-refractivity contribution in [3.8, 4) is 0 Å². The fourth-order valence-electron chi connectivity index (χ4n) is 4.25. The minimum absolute atomic E-state index is 0.0226. The van der Waals surface area contributed by atoms with Gasteiger partial charge in [-0.3, -0.25) is 9.69 Å². The van der Waals surface area contributed by atoms with Crippen molar-refractivity contribution in [3.05, 3.63) is 29.8 Å². The molecule has 2 heterocycles. The zero-order chi connectivity index (χ0) is 21.6. The fraction of sp³-hybridized carbons (Fsp3) is 0.682. The van der Waals surface area contributed by atoms with Gasteiger partial charge in [-0.05, 0) is 50.8 Å². The van der Waals surface area contributed by atoms with E-state index >= 15 is 0 Å². The Bertz CT molecular complexity index is 781. The summed E-state index contributed by atoms with van der Waals surface area (Å²) in [6.07, 6.45) is 4.40. The average Bonchev–Trinajstić information content (AvgIpc) is 2.72. The number of hydrogen-bond acceptors (Lipinski definition) is 5. The van der Waals surface area contributed by atoms with Crippen LogP contribution in [0.15, 0.2) is 29.2 Å². The summed E-state index contributed by atoms with van der Waals surface area (Å²) in [5.41, 5.74) is 0.971. The molecule has 0 bridgehead atoms. The average molecular weight is 438 g/mol. The molecule has 2 atom stereocenters. The summed E-state index contributed by atoms with van der Waals surface area (Å²) in [5, 5.41) is 2.98. The van der Waals surface area contributed by atoms with E-state index in [0.29, 0.717) is 37.4 Å². The molecule has 8 heteroatoms. The molecule has 2 saturated heterocycles. The number of hydrogen-bond donors (Lipinski definition) is 1. The predicted octanol–water partition coefficient (Wildman–Crippen LogP) is 2.02. The van der Waals surface area contributed by atoms with E-state index in [-0.39, 0.29) is 18.1 Å². The molecule has 2 aliphatic rings. The Hall–Kier alpha value is -1.48. The second-order valence-electron chi connectivity index (χ2n) is 8.48. The van der Waals surface area contributed by atoms with Crippen LogP contribution in [0.1, 0.15) is 45.1 Å². The number of piperidine rings is 1. The summed E-state index contributed by atoms with van der Waals surface area (Å²) in [6.45, 7) is 8.60. The summed E-state index contributed by atoms with van der Waals surface area (Å²) in [4.78, 5) is 14.8. The van der Waals surface area contributed by atoms with Gasteiger partial charge in [-0.25, -0.2) is 8.42 Å². The Morgan fingerprint density at radius 1 is 1.07 bits per heavy atom. The first kappa shape index (κ1) is 23.2. The van der Waals surface area contributed by atoms with Crippen LogP contribution in [0.4, 0.5) is 0 Å². The highest BCUT2D eigenvalue weighted by Crippen LogP contribution is 2.21. The van der Waals surface area contributed by atoms with Crippen LogP contribution in [-0.4, -0.2) is 75.0 Å². The summed E-state index contributed by atoms with van der Waals surface area (Å²) in [6, 6.07) is 6.97. The maximum Gasteiger partial charge on any atom is 0.243 e. The van der Waals surface area contributed by atoms with Gasteiger partial charge in [-0.1, -0.05) is 18.6 Å². The molecule has 0 saturated carbocycles.